The molecule has 2 aromatic carbocycles. The second kappa shape index (κ2) is 14.8. The largest absolute Gasteiger partial charge is 0.488 e. The molecule has 4 heterocycles. The average Bonchev–Trinajstić information content (AvgIpc) is 3.57. The number of amides is 1. The van der Waals surface area contributed by atoms with Gasteiger partial charge in [0.25, 0.3) is 0 Å². The van der Waals surface area contributed by atoms with E-state index < -0.39 is 17.7 Å². The van der Waals surface area contributed by atoms with E-state index >= 15 is 0 Å². The fraction of sp³-hybridized carbons (Fsp3) is 0.452. The zero-order valence-corrected chi connectivity index (χ0v) is 26.0. The van der Waals surface area contributed by atoms with Crippen LogP contribution >= 0.6 is 24.8 Å². The fourth-order valence-corrected chi connectivity index (χ4v) is 6.06. The lowest BCUT2D eigenvalue weighted by molar-refractivity contribution is 0.0501. The number of carbonyl (C=O) groups excluding carboxylic acids is 1. The average molecular weight is 656 g/mol. The topological polar surface area (TPSA) is 103 Å². The minimum Gasteiger partial charge on any atom is -0.488 e. The Bertz CT molecular complexity index is 1550. The number of aliphatic hydroxyl groups excluding tert-OH is 1. The third kappa shape index (κ3) is 7.76. The van der Waals surface area contributed by atoms with E-state index in [0.717, 1.165) is 70.5 Å². The highest BCUT2D eigenvalue weighted by molar-refractivity contribution is 5.88. The maximum Gasteiger partial charge on any atom is 0.414 e. The first-order valence-electron chi connectivity index (χ1n) is 14.5. The monoisotopic (exact) mass is 654 g/mol. The Kier molecular flexibility index (Phi) is 11.4. The standard InChI is InChI=1S/C31H36F2N4O5.2ClH/c1-19(37-11-7-23(38)8-12-37)16-36-9-5-22(6-10-36)34-31(39)42-29-15-24-26(35-29)3-2-4-27(24)40-17-20-18-41-28-14-21(32)13-25(33)30(20)28;;/h2-4,13-15,18-19,22-23,35,38H,5-12,16-17H2,1H3,(H,34,39);2*1H/t19-;;/m0../s1. The molecule has 0 spiro atoms. The van der Waals surface area contributed by atoms with E-state index in [0.29, 0.717) is 28.3 Å². The number of halogens is 4. The number of H-pyrrole nitrogens is 1. The molecule has 0 aliphatic carbocycles. The third-order valence-corrected chi connectivity index (χ3v) is 8.41. The van der Waals surface area contributed by atoms with Crippen molar-refractivity contribution < 1.29 is 32.6 Å². The molecule has 2 aromatic heterocycles. The zero-order chi connectivity index (χ0) is 29.2. The molecule has 2 saturated heterocycles. The lowest BCUT2D eigenvalue weighted by Crippen LogP contribution is -2.50. The van der Waals surface area contributed by atoms with Crippen LogP contribution in [-0.2, 0) is 6.61 Å². The van der Waals surface area contributed by atoms with Crippen LogP contribution in [0, 0.1) is 11.6 Å². The van der Waals surface area contributed by atoms with Crippen molar-refractivity contribution in [2.24, 2.45) is 0 Å². The SMILES string of the molecule is C[C@@H](CN1CCC(NC(=O)Oc2cc3c(OCc4coc5cc(F)cc(F)c45)cccc3[nH]2)CC1)N1CCC(O)CC1.Cl.Cl. The predicted molar refractivity (Wildman–Crippen MR) is 168 cm³/mol. The van der Waals surface area contributed by atoms with Gasteiger partial charge in [0.15, 0.2) is 0 Å². The maximum atomic E-state index is 14.3. The van der Waals surface area contributed by atoms with Crippen LogP contribution in [0.4, 0.5) is 13.6 Å². The second-order valence-corrected chi connectivity index (χ2v) is 11.4. The van der Waals surface area contributed by atoms with E-state index in [1.165, 1.54) is 6.26 Å². The number of nitrogens with one attached hydrogen (secondary N) is 2. The summed E-state index contributed by atoms with van der Waals surface area (Å²) in [6, 6.07) is 9.52. The van der Waals surface area contributed by atoms with Gasteiger partial charge in [0, 0.05) is 74.0 Å². The Hall–Kier alpha value is -3.09. The first-order chi connectivity index (χ1) is 20.3. The molecule has 0 bridgehead atoms. The number of benzene rings is 2. The van der Waals surface area contributed by atoms with Gasteiger partial charge in [0.2, 0.25) is 5.88 Å². The number of hydrogen-bond donors (Lipinski definition) is 3. The summed E-state index contributed by atoms with van der Waals surface area (Å²) in [6.07, 6.45) is 4.06. The summed E-state index contributed by atoms with van der Waals surface area (Å²) in [5.41, 5.74) is 1.29. The predicted octanol–water partition coefficient (Wildman–Crippen LogP) is 6.01. The number of furan rings is 1. The van der Waals surface area contributed by atoms with Crippen LogP contribution < -0.4 is 14.8 Å². The van der Waals surface area contributed by atoms with Gasteiger partial charge in [0.1, 0.15) is 29.6 Å². The Balaban J connectivity index is 0.00000221. The van der Waals surface area contributed by atoms with E-state index in [4.69, 9.17) is 13.9 Å². The highest BCUT2D eigenvalue weighted by Gasteiger charge is 2.26. The number of aliphatic hydroxyl groups is 1. The molecular formula is C31H38Cl2F2N4O5. The Labute approximate surface area is 266 Å². The number of likely N-dealkylation sites (tertiary alicyclic amines) is 2. The second-order valence-electron chi connectivity index (χ2n) is 11.4. The molecule has 2 aliphatic heterocycles. The van der Waals surface area contributed by atoms with Gasteiger partial charge in [-0.05, 0) is 44.7 Å². The van der Waals surface area contributed by atoms with E-state index in [1.807, 2.05) is 6.07 Å². The summed E-state index contributed by atoms with van der Waals surface area (Å²) in [7, 11) is 0. The van der Waals surface area contributed by atoms with Crippen LogP contribution in [0.25, 0.3) is 21.9 Å². The number of hydrogen-bond acceptors (Lipinski definition) is 7. The summed E-state index contributed by atoms with van der Waals surface area (Å²) in [5, 5.41) is 13.6. The Morgan fingerprint density at radius 2 is 1.86 bits per heavy atom. The van der Waals surface area contributed by atoms with Crippen molar-refractivity contribution in [1.29, 1.82) is 0 Å². The molecule has 13 heteroatoms. The number of piperidine rings is 2. The van der Waals surface area contributed by atoms with Gasteiger partial charge in [-0.25, -0.2) is 13.6 Å². The Morgan fingerprint density at radius 1 is 1.11 bits per heavy atom. The molecule has 2 fully saturated rings. The quantitative estimate of drug-likeness (QED) is 0.214. The van der Waals surface area contributed by atoms with Crippen molar-refractivity contribution in [3.63, 3.8) is 0 Å². The van der Waals surface area contributed by atoms with Crippen molar-refractivity contribution in [2.75, 3.05) is 32.7 Å². The molecule has 9 nitrogen and oxygen atoms in total. The highest BCUT2D eigenvalue weighted by Crippen LogP contribution is 2.32. The summed E-state index contributed by atoms with van der Waals surface area (Å²) in [5.74, 6) is -0.621. The lowest BCUT2D eigenvalue weighted by atomic mass is 10.0. The summed E-state index contributed by atoms with van der Waals surface area (Å²) in [4.78, 5) is 20.7. The van der Waals surface area contributed by atoms with Gasteiger partial charge in [-0.2, -0.15) is 0 Å². The first-order valence-corrected chi connectivity index (χ1v) is 14.5. The van der Waals surface area contributed by atoms with Gasteiger partial charge >= 0.3 is 6.09 Å². The molecular weight excluding hydrogens is 617 g/mol. The normalized spacial score (nSPS) is 17.6. The van der Waals surface area contributed by atoms with Crippen LogP contribution in [0.1, 0.15) is 38.2 Å². The number of nitrogens with zero attached hydrogens (tertiary/aromatic N) is 2. The van der Waals surface area contributed by atoms with Crippen molar-refractivity contribution in [3.05, 3.63) is 59.9 Å². The van der Waals surface area contributed by atoms with Gasteiger partial charge in [-0.1, -0.05) is 6.07 Å². The van der Waals surface area contributed by atoms with Gasteiger partial charge in [-0.15, -0.1) is 24.8 Å². The highest BCUT2D eigenvalue weighted by atomic mass is 35.5. The van der Waals surface area contributed by atoms with E-state index in [9.17, 15) is 18.7 Å². The lowest BCUT2D eigenvalue weighted by Gasteiger charge is -2.39. The third-order valence-electron chi connectivity index (χ3n) is 8.41. The van der Waals surface area contributed by atoms with Gasteiger partial charge in [0.05, 0.1) is 23.3 Å². The smallest absolute Gasteiger partial charge is 0.414 e. The van der Waals surface area contributed by atoms with Crippen LogP contribution in [-0.4, -0.2) is 76.9 Å². The number of rotatable bonds is 8. The molecule has 2 aliphatic rings. The number of ether oxygens (including phenoxy) is 2. The molecule has 240 valence electrons. The van der Waals surface area contributed by atoms with Crippen molar-refractivity contribution in [2.45, 2.75) is 57.4 Å². The van der Waals surface area contributed by atoms with Crippen molar-refractivity contribution in [3.8, 4) is 11.6 Å². The van der Waals surface area contributed by atoms with Crippen LogP contribution in [0.3, 0.4) is 0 Å². The summed E-state index contributed by atoms with van der Waals surface area (Å²) in [6.45, 7) is 6.94. The van der Waals surface area contributed by atoms with Gasteiger partial charge in [-0.3, -0.25) is 4.90 Å². The van der Waals surface area contributed by atoms with E-state index in [2.05, 4.69) is 27.0 Å². The van der Waals surface area contributed by atoms with E-state index in [1.54, 1.807) is 18.2 Å². The maximum absolute atomic E-state index is 14.3. The minimum atomic E-state index is -0.710. The van der Waals surface area contributed by atoms with Crippen LogP contribution in [0.2, 0.25) is 0 Å². The molecule has 0 unspecified atom stereocenters. The molecule has 44 heavy (non-hydrogen) atoms. The van der Waals surface area contributed by atoms with Crippen LogP contribution in [0.15, 0.2) is 47.1 Å². The summed E-state index contributed by atoms with van der Waals surface area (Å²) < 4.78 is 44.7. The molecule has 1 atom stereocenters. The molecule has 3 N–H and O–H groups in total. The minimum absolute atomic E-state index is 0. The molecule has 6 rings (SSSR count). The molecule has 0 saturated carbocycles. The molecule has 1 amide bonds. The number of fused-ring (bicyclic) bond motifs is 2. The van der Waals surface area contributed by atoms with Crippen molar-refractivity contribution >= 4 is 52.8 Å². The number of aromatic nitrogens is 1. The number of carbonyl (C=O) groups is 1. The van der Waals surface area contributed by atoms with Gasteiger partial charge < -0.3 is 34.2 Å². The van der Waals surface area contributed by atoms with Crippen molar-refractivity contribution in [1.82, 2.24) is 20.1 Å². The zero-order valence-electron chi connectivity index (χ0n) is 24.4. The Morgan fingerprint density at radius 3 is 2.61 bits per heavy atom. The fourth-order valence-electron chi connectivity index (χ4n) is 6.06. The number of aromatic amines is 1. The first kappa shape index (κ1) is 33.8. The summed E-state index contributed by atoms with van der Waals surface area (Å²) >= 11 is 0. The molecule has 4 aromatic rings. The van der Waals surface area contributed by atoms with E-state index in [-0.39, 0.29) is 60.4 Å². The van der Waals surface area contributed by atoms with Crippen LogP contribution in [0.5, 0.6) is 11.6 Å². The molecule has 0 radical (unpaired) electrons.